The van der Waals surface area contributed by atoms with Crippen LogP contribution in [0.2, 0.25) is 0 Å². The Labute approximate surface area is 95.2 Å². The molecule has 0 spiro atoms. The van der Waals surface area contributed by atoms with Crippen LogP contribution in [-0.2, 0) is 11.3 Å². The van der Waals surface area contributed by atoms with Crippen molar-refractivity contribution in [1.82, 2.24) is 5.32 Å². The predicted molar refractivity (Wildman–Crippen MR) is 61.5 cm³/mol. The molecule has 1 aromatic rings. The van der Waals surface area contributed by atoms with E-state index in [2.05, 4.69) is 5.32 Å². The lowest BCUT2D eigenvalue weighted by Gasteiger charge is -2.13. The maximum Gasteiger partial charge on any atom is 0.320 e. The number of carboxylic acid groups (broad SMARTS) is 1. The van der Waals surface area contributed by atoms with Crippen LogP contribution < -0.4 is 10.1 Å². The average molecular weight is 223 g/mol. The molecule has 0 aliphatic rings. The van der Waals surface area contributed by atoms with Crippen LogP contribution in [0.5, 0.6) is 5.75 Å². The summed E-state index contributed by atoms with van der Waals surface area (Å²) >= 11 is 0. The fourth-order valence-electron chi connectivity index (χ4n) is 1.49. The molecule has 1 aromatic carbocycles. The SMILES string of the molecule is CCC(NCc1ccccc1OC)C(=O)O. The third kappa shape index (κ3) is 3.24. The number of hydrogen-bond donors (Lipinski definition) is 2. The second-order valence-electron chi connectivity index (χ2n) is 3.49. The summed E-state index contributed by atoms with van der Waals surface area (Å²) in [6.07, 6.45) is 0.560. The van der Waals surface area contributed by atoms with Crippen molar-refractivity contribution >= 4 is 5.97 Å². The molecule has 0 saturated heterocycles. The number of ether oxygens (including phenoxy) is 1. The first-order valence-corrected chi connectivity index (χ1v) is 5.27. The van der Waals surface area contributed by atoms with E-state index >= 15 is 0 Å². The summed E-state index contributed by atoms with van der Waals surface area (Å²) in [6, 6.07) is 7.06. The summed E-state index contributed by atoms with van der Waals surface area (Å²) in [6.45, 7) is 2.34. The van der Waals surface area contributed by atoms with Gasteiger partial charge in [-0.1, -0.05) is 25.1 Å². The summed E-state index contributed by atoms with van der Waals surface area (Å²) in [5.41, 5.74) is 0.963. The first-order chi connectivity index (χ1) is 7.69. The lowest BCUT2D eigenvalue weighted by atomic mass is 10.1. The molecule has 0 bridgehead atoms. The van der Waals surface area contributed by atoms with Crippen LogP contribution in [0.3, 0.4) is 0 Å². The smallest absolute Gasteiger partial charge is 0.320 e. The summed E-state index contributed by atoms with van der Waals surface area (Å²) in [4.78, 5) is 10.8. The number of nitrogens with one attached hydrogen (secondary N) is 1. The molecular formula is C12H17NO3. The maximum absolute atomic E-state index is 10.8. The minimum Gasteiger partial charge on any atom is -0.496 e. The van der Waals surface area contributed by atoms with Crippen molar-refractivity contribution in [2.75, 3.05) is 7.11 Å². The number of methoxy groups -OCH3 is 1. The topological polar surface area (TPSA) is 58.6 Å². The molecule has 0 aliphatic carbocycles. The molecule has 0 heterocycles. The minimum atomic E-state index is -0.822. The van der Waals surface area contributed by atoms with Gasteiger partial charge in [0, 0.05) is 12.1 Å². The van der Waals surface area contributed by atoms with E-state index in [-0.39, 0.29) is 0 Å². The third-order valence-electron chi connectivity index (χ3n) is 2.44. The van der Waals surface area contributed by atoms with Crippen LogP contribution in [0, 0.1) is 0 Å². The highest BCUT2D eigenvalue weighted by Crippen LogP contribution is 2.16. The first-order valence-electron chi connectivity index (χ1n) is 5.27. The monoisotopic (exact) mass is 223 g/mol. The van der Waals surface area contributed by atoms with E-state index in [1.807, 2.05) is 31.2 Å². The molecule has 0 radical (unpaired) electrons. The Hall–Kier alpha value is -1.55. The van der Waals surface area contributed by atoms with Crippen LogP contribution in [0.15, 0.2) is 24.3 Å². The van der Waals surface area contributed by atoms with Gasteiger partial charge in [-0.25, -0.2) is 0 Å². The highest BCUT2D eigenvalue weighted by atomic mass is 16.5. The van der Waals surface area contributed by atoms with Crippen molar-refractivity contribution in [3.8, 4) is 5.75 Å². The van der Waals surface area contributed by atoms with Gasteiger partial charge in [0.25, 0.3) is 0 Å². The zero-order valence-electron chi connectivity index (χ0n) is 9.56. The van der Waals surface area contributed by atoms with E-state index in [9.17, 15) is 4.79 Å². The number of aliphatic carboxylic acids is 1. The average Bonchev–Trinajstić information content (AvgIpc) is 2.30. The summed E-state index contributed by atoms with van der Waals surface area (Å²) in [7, 11) is 1.60. The first kappa shape index (κ1) is 12.5. The van der Waals surface area contributed by atoms with Gasteiger partial charge >= 0.3 is 5.97 Å². The van der Waals surface area contributed by atoms with Gasteiger partial charge in [0.05, 0.1) is 7.11 Å². The highest BCUT2D eigenvalue weighted by Gasteiger charge is 2.14. The molecule has 1 atom stereocenters. The van der Waals surface area contributed by atoms with Gasteiger partial charge in [-0.2, -0.15) is 0 Å². The Balaban J connectivity index is 2.63. The molecule has 1 rings (SSSR count). The number of benzene rings is 1. The number of carboxylic acids is 1. The van der Waals surface area contributed by atoms with E-state index in [0.717, 1.165) is 11.3 Å². The third-order valence-corrected chi connectivity index (χ3v) is 2.44. The van der Waals surface area contributed by atoms with Gasteiger partial charge in [-0.15, -0.1) is 0 Å². The molecule has 1 unspecified atom stereocenters. The van der Waals surface area contributed by atoms with Crippen molar-refractivity contribution in [3.05, 3.63) is 29.8 Å². The Kier molecular flexibility index (Phi) is 4.79. The summed E-state index contributed by atoms with van der Waals surface area (Å²) in [5, 5.41) is 11.9. The van der Waals surface area contributed by atoms with E-state index in [0.29, 0.717) is 13.0 Å². The van der Waals surface area contributed by atoms with E-state index in [1.165, 1.54) is 0 Å². The predicted octanol–water partition coefficient (Wildman–Crippen LogP) is 1.65. The summed E-state index contributed by atoms with van der Waals surface area (Å²) < 4.78 is 5.18. The quantitative estimate of drug-likeness (QED) is 0.769. The molecule has 0 fully saturated rings. The Morgan fingerprint density at radius 2 is 2.19 bits per heavy atom. The molecule has 88 valence electrons. The zero-order chi connectivity index (χ0) is 12.0. The van der Waals surface area contributed by atoms with Gasteiger partial charge < -0.3 is 15.2 Å². The van der Waals surface area contributed by atoms with Gasteiger partial charge in [-0.05, 0) is 12.5 Å². The Morgan fingerprint density at radius 1 is 1.50 bits per heavy atom. The van der Waals surface area contributed by atoms with Gasteiger partial charge in [0.15, 0.2) is 0 Å². The normalized spacial score (nSPS) is 12.1. The highest BCUT2D eigenvalue weighted by molar-refractivity contribution is 5.73. The molecule has 2 N–H and O–H groups in total. The fourth-order valence-corrected chi connectivity index (χ4v) is 1.49. The van der Waals surface area contributed by atoms with Crippen LogP contribution in [-0.4, -0.2) is 24.2 Å². The van der Waals surface area contributed by atoms with Crippen LogP contribution in [0.4, 0.5) is 0 Å². The molecule has 16 heavy (non-hydrogen) atoms. The molecule has 4 heteroatoms. The fraction of sp³-hybridized carbons (Fsp3) is 0.417. The van der Waals surface area contributed by atoms with Gasteiger partial charge in [0.2, 0.25) is 0 Å². The second kappa shape index (κ2) is 6.12. The number of carbonyl (C=O) groups is 1. The van der Waals surface area contributed by atoms with Crippen molar-refractivity contribution < 1.29 is 14.6 Å². The lowest BCUT2D eigenvalue weighted by molar-refractivity contribution is -0.139. The van der Waals surface area contributed by atoms with E-state index in [1.54, 1.807) is 7.11 Å². The molecule has 0 saturated carbocycles. The van der Waals surface area contributed by atoms with Crippen molar-refractivity contribution in [3.63, 3.8) is 0 Å². The number of hydrogen-bond acceptors (Lipinski definition) is 3. The Bertz CT molecular complexity index is 352. The zero-order valence-corrected chi connectivity index (χ0v) is 9.56. The van der Waals surface area contributed by atoms with Crippen molar-refractivity contribution in [2.45, 2.75) is 25.9 Å². The van der Waals surface area contributed by atoms with E-state index < -0.39 is 12.0 Å². The largest absolute Gasteiger partial charge is 0.496 e. The standard InChI is InChI=1S/C12H17NO3/c1-3-10(12(14)15)13-8-9-6-4-5-7-11(9)16-2/h4-7,10,13H,3,8H2,1-2H3,(H,14,15). The van der Waals surface area contributed by atoms with E-state index in [4.69, 9.17) is 9.84 Å². The summed E-state index contributed by atoms with van der Waals surface area (Å²) in [5.74, 6) is -0.0485. The van der Waals surface area contributed by atoms with Crippen LogP contribution in [0.1, 0.15) is 18.9 Å². The van der Waals surface area contributed by atoms with Gasteiger partial charge in [0.1, 0.15) is 11.8 Å². The lowest BCUT2D eigenvalue weighted by Crippen LogP contribution is -2.35. The minimum absolute atomic E-state index is 0.495. The second-order valence-corrected chi connectivity index (χ2v) is 3.49. The number of rotatable bonds is 6. The molecule has 0 aliphatic heterocycles. The van der Waals surface area contributed by atoms with Crippen LogP contribution in [0.25, 0.3) is 0 Å². The molecule has 0 aromatic heterocycles. The van der Waals surface area contributed by atoms with Crippen LogP contribution >= 0.6 is 0 Å². The van der Waals surface area contributed by atoms with Crippen molar-refractivity contribution in [2.24, 2.45) is 0 Å². The maximum atomic E-state index is 10.8. The number of para-hydroxylation sites is 1. The molecular weight excluding hydrogens is 206 g/mol. The van der Waals surface area contributed by atoms with Gasteiger partial charge in [-0.3, -0.25) is 4.79 Å². The Morgan fingerprint density at radius 3 is 2.75 bits per heavy atom. The van der Waals surface area contributed by atoms with Crippen molar-refractivity contribution in [1.29, 1.82) is 0 Å². The molecule has 4 nitrogen and oxygen atoms in total. The molecule has 0 amide bonds.